The fourth-order valence-electron chi connectivity index (χ4n) is 2.91. The molecule has 1 aliphatic carbocycles. The number of halogens is 1. The Labute approximate surface area is 140 Å². The monoisotopic (exact) mass is 330 g/mol. The van der Waals surface area contributed by atoms with E-state index >= 15 is 0 Å². The Morgan fingerprint density at radius 3 is 2.70 bits per heavy atom. The largest absolute Gasteiger partial charge is 0.390 e. The molecular formula is C18H19ClN2O2. The minimum Gasteiger partial charge on any atom is -0.390 e. The molecule has 2 aromatic carbocycles. The zero-order chi connectivity index (χ0) is 16.2. The SMILES string of the molecule is O=C(NCCc1ccc(Cl)cc1)N[C@H]1c2ccccc2C[C@H]1O. The van der Waals surface area contributed by atoms with Crippen LogP contribution in [0.1, 0.15) is 22.7 Å². The first-order valence-electron chi connectivity index (χ1n) is 7.68. The third-order valence-corrected chi connectivity index (χ3v) is 4.36. The van der Waals surface area contributed by atoms with Gasteiger partial charge in [0.1, 0.15) is 0 Å². The highest BCUT2D eigenvalue weighted by Gasteiger charge is 2.31. The molecule has 2 atom stereocenters. The first-order valence-corrected chi connectivity index (χ1v) is 8.06. The molecule has 23 heavy (non-hydrogen) atoms. The van der Waals surface area contributed by atoms with Gasteiger partial charge in [0, 0.05) is 18.0 Å². The Bertz CT molecular complexity index is 688. The van der Waals surface area contributed by atoms with Crippen molar-refractivity contribution in [3.05, 3.63) is 70.2 Å². The molecule has 0 heterocycles. The predicted octanol–water partition coefficient (Wildman–Crippen LogP) is 2.84. The van der Waals surface area contributed by atoms with Gasteiger partial charge in [0.15, 0.2) is 0 Å². The number of hydrogen-bond acceptors (Lipinski definition) is 2. The number of fused-ring (bicyclic) bond motifs is 1. The summed E-state index contributed by atoms with van der Waals surface area (Å²) in [5.41, 5.74) is 3.19. The first kappa shape index (κ1) is 15.8. The maximum atomic E-state index is 12.0. The van der Waals surface area contributed by atoms with Crippen molar-refractivity contribution < 1.29 is 9.90 Å². The lowest BCUT2D eigenvalue weighted by Crippen LogP contribution is -2.41. The van der Waals surface area contributed by atoms with Gasteiger partial charge in [0.2, 0.25) is 0 Å². The smallest absolute Gasteiger partial charge is 0.315 e. The van der Waals surface area contributed by atoms with Gasteiger partial charge in [0.05, 0.1) is 12.1 Å². The molecule has 2 amide bonds. The lowest BCUT2D eigenvalue weighted by atomic mass is 10.1. The summed E-state index contributed by atoms with van der Waals surface area (Å²) < 4.78 is 0. The number of aliphatic hydroxyl groups excluding tert-OH is 1. The molecule has 120 valence electrons. The highest BCUT2D eigenvalue weighted by Crippen LogP contribution is 2.30. The topological polar surface area (TPSA) is 61.4 Å². The van der Waals surface area contributed by atoms with E-state index in [1.54, 1.807) is 0 Å². The van der Waals surface area contributed by atoms with Crippen LogP contribution in [0.3, 0.4) is 0 Å². The molecule has 0 spiro atoms. The fourth-order valence-corrected chi connectivity index (χ4v) is 3.04. The number of amides is 2. The lowest BCUT2D eigenvalue weighted by Gasteiger charge is -2.18. The molecule has 0 bridgehead atoms. The summed E-state index contributed by atoms with van der Waals surface area (Å²) in [4.78, 5) is 12.0. The number of nitrogens with one attached hydrogen (secondary N) is 2. The molecule has 0 saturated carbocycles. The average molecular weight is 331 g/mol. The molecule has 3 N–H and O–H groups in total. The van der Waals surface area contributed by atoms with E-state index in [9.17, 15) is 9.90 Å². The summed E-state index contributed by atoms with van der Waals surface area (Å²) in [5.74, 6) is 0. The molecule has 4 nitrogen and oxygen atoms in total. The second-order valence-corrected chi connectivity index (χ2v) is 6.16. The molecule has 1 aliphatic rings. The Balaban J connectivity index is 1.51. The number of carbonyl (C=O) groups is 1. The van der Waals surface area contributed by atoms with Crippen molar-refractivity contribution >= 4 is 17.6 Å². The van der Waals surface area contributed by atoms with E-state index in [2.05, 4.69) is 10.6 Å². The quantitative estimate of drug-likeness (QED) is 0.807. The van der Waals surface area contributed by atoms with E-state index in [1.807, 2.05) is 48.5 Å². The van der Waals surface area contributed by atoms with Gasteiger partial charge in [-0.05, 0) is 35.2 Å². The molecule has 2 aromatic rings. The summed E-state index contributed by atoms with van der Waals surface area (Å²) in [5, 5.41) is 16.5. The standard InChI is InChI=1S/C18H19ClN2O2/c19-14-7-5-12(6-8-14)9-10-20-18(23)21-17-15-4-2-1-3-13(15)11-16(17)22/h1-8,16-17,22H,9-11H2,(H2,20,21,23)/t16-,17+/m1/s1. The number of hydrogen-bond donors (Lipinski definition) is 3. The second-order valence-electron chi connectivity index (χ2n) is 5.72. The van der Waals surface area contributed by atoms with Crippen molar-refractivity contribution in [2.24, 2.45) is 0 Å². The summed E-state index contributed by atoms with van der Waals surface area (Å²) in [6.07, 6.45) is 0.731. The van der Waals surface area contributed by atoms with Crippen molar-refractivity contribution in [2.75, 3.05) is 6.54 Å². The van der Waals surface area contributed by atoms with Crippen LogP contribution >= 0.6 is 11.6 Å². The molecule has 0 aliphatic heterocycles. The van der Waals surface area contributed by atoms with Crippen LogP contribution < -0.4 is 10.6 Å². The predicted molar refractivity (Wildman–Crippen MR) is 90.6 cm³/mol. The van der Waals surface area contributed by atoms with Gasteiger partial charge < -0.3 is 15.7 Å². The highest BCUT2D eigenvalue weighted by atomic mass is 35.5. The molecule has 0 unspecified atom stereocenters. The molecule has 0 fully saturated rings. The maximum absolute atomic E-state index is 12.0. The summed E-state index contributed by atoms with van der Waals surface area (Å²) in [6.45, 7) is 0.526. The number of rotatable bonds is 4. The van der Waals surface area contributed by atoms with E-state index in [4.69, 9.17) is 11.6 Å². The number of aliphatic hydroxyl groups is 1. The second kappa shape index (κ2) is 7.02. The van der Waals surface area contributed by atoms with Gasteiger partial charge in [-0.2, -0.15) is 0 Å². The van der Waals surface area contributed by atoms with Crippen LogP contribution in [-0.4, -0.2) is 23.8 Å². The van der Waals surface area contributed by atoms with Crippen molar-refractivity contribution in [3.63, 3.8) is 0 Å². The molecule has 0 saturated heterocycles. The van der Waals surface area contributed by atoms with Crippen molar-refractivity contribution in [3.8, 4) is 0 Å². The minimum atomic E-state index is -0.575. The van der Waals surface area contributed by atoms with Gasteiger partial charge in [-0.1, -0.05) is 48.0 Å². The van der Waals surface area contributed by atoms with Crippen molar-refractivity contribution in [1.82, 2.24) is 10.6 Å². The average Bonchev–Trinajstić information content (AvgIpc) is 2.85. The third-order valence-electron chi connectivity index (χ3n) is 4.10. The van der Waals surface area contributed by atoms with E-state index < -0.39 is 6.10 Å². The maximum Gasteiger partial charge on any atom is 0.315 e. The first-order chi connectivity index (χ1) is 11.1. The van der Waals surface area contributed by atoms with E-state index in [0.29, 0.717) is 18.0 Å². The van der Waals surface area contributed by atoms with E-state index in [-0.39, 0.29) is 12.1 Å². The van der Waals surface area contributed by atoms with E-state index in [1.165, 1.54) is 0 Å². The van der Waals surface area contributed by atoms with E-state index in [0.717, 1.165) is 23.1 Å². The minimum absolute atomic E-state index is 0.264. The van der Waals surface area contributed by atoms with Crippen LogP contribution in [-0.2, 0) is 12.8 Å². The molecule has 3 rings (SSSR count). The summed E-state index contributed by atoms with van der Waals surface area (Å²) >= 11 is 5.84. The number of urea groups is 1. The summed E-state index contributed by atoms with van der Waals surface area (Å²) in [6, 6.07) is 14.7. The number of benzene rings is 2. The van der Waals surface area contributed by atoms with Crippen LogP contribution in [0.5, 0.6) is 0 Å². The van der Waals surface area contributed by atoms with Crippen molar-refractivity contribution in [2.45, 2.75) is 25.0 Å². The molecular weight excluding hydrogens is 312 g/mol. The van der Waals surface area contributed by atoms with Crippen LogP contribution in [0, 0.1) is 0 Å². The lowest BCUT2D eigenvalue weighted by molar-refractivity contribution is 0.142. The van der Waals surface area contributed by atoms with Gasteiger partial charge in [0.25, 0.3) is 0 Å². The van der Waals surface area contributed by atoms with Crippen LogP contribution in [0.25, 0.3) is 0 Å². The Morgan fingerprint density at radius 1 is 1.17 bits per heavy atom. The Kier molecular flexibility index (Phi) is 4.84. The van der Waals surface area contributed by atoms with Gasteiger partial charge in [-0.3, -0.25) is 0 Å². The van der Waals surface area contributed by atoms with Crippen LogP contribution in [0.2, 0.25) is 5.02 Å². The number of carbonyl (C=O) groups excluding carboxylic acids is 1. The van der Waals surface area contributed by atoms with Gasteiger partial charge in [-0.15, -0.1) is 0 Å². The zero-order valence-electron chi connectivity index (χ0n) is 12.6. The highest BCUT2D eigenvalue weighted by molar-refractivity contribution is 6.30. The van der Waals surface area contributed by atoms with Crippen LogP contribution in [0.4, 0.5) is 4.79 Å². The normalized spacial score (nSPS) is 19.2. The molecule has 0 aromatic heterocycles. The molecule has 5 heteroatoms. The summed E-state index contributed by atoms with van der Waals surface area (Å²) in [7, 11) is 0. The molecule has 0 radical (unpaired) electrons. The Morgan fingerprint density at radius 2 is 1.91 bits per heavy atom. The van der Waals surface area contributed by atoms with Gasteiger partial charge >= 0.3 is 6.03 Å². The van der Waals surface area contributed by atoms with Gasteiger partial charge in [-0.25, -0.2) is 4.79 Å². The zero-order valence-corrected chi connectivity index (χ0v) is 13.4. The van der Waals surface area contributed by atoms with Crippen molar-refractivity contribution in [1.29, 1.82) is 0 Å². The van der Waals surface area contributed by atoms with Crippen LogP contribution in [0.15, 0.2) is 48.5 Å². The Hall–Kier alpha value is -2.04. The third kappa shape index (κ3) is 3.84. The fraction of sp³-hybridized carbons (Fsp3) is 0.278.